The second-order valence-corrected chi connectivity index (χ2v) is 4.96. The third kappa shape index (κ3) is 3.20. The Kier molecular flexibility index (Phi) is 4.23. The largest absolute Gasteiger partial charge is 0.421 e. The molecule has 0 saturated heterocycles. The van der Waals surface area contributed by atoms with Gasteiger partial charge in [0.2, 0.25) is 0 Å². The number of ether oxygens (including phenoxy) is 1. The SMILES string of the molecule is Cc1ccc(Cl)c(OC(=O)c2cccc(C)c2[N+](=O)[O-])c1. The van der Waals surface area contributed by atoms with Gasteiger partial charge in [-0.2, -0.15) is 0 Å². The number of nitro benzene ring substituents is 1. The number of para-hydroxylation sites is 1. The van der Waals surface area contributed by atoms with Crippen LogP contribution in [0.3, 0.4) is 0 Å². The number of halogens is 1. The summed E-state index contributed by atoms with van der Waals surface area (Å²) >= 11 is 5.95. The van der Waals surface area contributed by atoms with Gasteiger partial charge in [-0.15, -0.1) is 0 Å². The lowest BCUT2D eigenvalue weighted by molar-refractivity contribution is -0.385. The number of hydrogen-bond acceptors (Lipinski definition) is 4. The van der Waals surface area contributed by atoms with Crippen LogP contribution < -0.4 is 4.74 Å². The lowest BCUT2D eigenvalue weighted by atomic mass is 10.1. The zero-order valence-electron chi connectivity index (χ0n) is 11.4. The van der Waals surface area contributed by atoms with E-state index >= 15 is 0 Å². The van der Waals surface area contributed by atoms with Crippen LogP contribution in [0, 0.1) is 24.0 Å². The van der Waals surface area contributed by atoms with Crippen LogP contribution in [-0.2, 0) is 0 Å². The number of rotatable bonds is 3. The third-order valence-corrected chi connectivity index (χ3v) is 3.24. The first-order chi connectivity index (χ1) is 9.90. The summed E-state index contributed by atoms with van der Waals surface area (Å²) in [5, 5.41) is 11.4. The maximum absolute atomic E-state index is 12.2. The third-order valence-electron chi connectivity index (χ3n) is 2.93. The molecule has 0 bridgehead atoms. The Balaban J connectivity index is 2.40. The molecule has 6 heteroatoms. The van der Waals surface area contributed by atoms with Crippen molar-refractivity contribution in [2.75, 3.05) is 0 Å². The van der Waals surface area contributed by atoms with E-state index in [1.807, 2.05) is 6.92 Å². The summed E-state index contributed by atoms with van der Waals surface area (Å²) in [4.78, 5) is 22.7. The van der Waals surface area contributed by atoms with E-state index in [9.17, 15) is 14.9 Å². The number of esters is 1. The standard InChI is InChI=1S/C15H12ClNO4/c1-9-6-7-12(16)13(8-9)21-15(18)11-5-3-4-10(2)14(11)17(19)20/h3-8H,1-2H3. The van der Waals surface area contributed by atoms with Crippen LogP contribution in [0.1, 0.15) is 21.5 Å². The summed E-state index contributed by atoms with van der Waals surface area (Å²) in [5.41, 5.74) is 0.898. The number of aryl methyl sites for hydroxylation is 2. The summed E-state index contributed by atoms with van der Waals surface area (Å²) in [7, 11) is 0. The van der Waals surface area contributed by atoms with Crippen LogP contribution in [0.25, 0.3) is 0 Å². The van der Waals surface area contributed by atoms with E-state index in [4.69, 9.17) is 16.3 Å². The van der Waals surface area contributed by atoms with Gasteiger partial charge in [-0.25, -0.2) is 4.79 Å². The second kappa shape index (κ2) is 5.93. The first-order valence-electron chi connectivity index (χ1n) is 6.12. The minimum atomic E-state index is -0.808. The van der Waals surface area contributed by atoms with Crippen molar-refractivity contribution in [3.05, 3.63) is 68.2 Å². The van der Waals surface area contributed by atoms with Gasteiger partial charge in [-0.3, -0.25) is 10.1 Å². The average molecular weight is 306 g/mol. The second-order valence-electron chi connectivity index (χ2n) is 4.55. The zero-order chi connectivity index (χ0) is 15.6. The Hall–Kier alpha value is -2.40. The predicted molar refractivity (Wildman–Crippen MR) is 79.0 cm³/mol. The molecule has 0 amide bonds. The maximum Gasteiger partial charge on any atom is 0.350 e. The number of carbonyl (C=O) groups excluding carboxylic acids is 1. The van der Waals surface area contributed by atoms with Gasteiger partial charge in [0.1, 0.15) is 11.3 Å². The quantitative estimate of drug-likeness (QED) is 0.371. The highest BCUT2D eigenvalue weighted by atomic mass is 35.5. The molecule has 0 aliphatic heterocycles. The van der Waals surface area contributed by atoms with Gasteiger partial charge < -0.3 is 4.74 Å². The highest BCUT2D eigenvalue weighted by molar-refractivity contribution is 6.32. The van der Waals surface area contributed by atoms with E-state index in [0.717, 1.165) is 5.56 Å². The number of nitrogens with zero attached hydrogens (tertiary/aromatic N) is 1. The number of carbonyl (C=O) groups is 1. The molecule has 0 radical (unpaired) electrons. The Morgan fingerprint density at radius 3 is 2.62 bits per heavy atom. The smallest absolute Gasteiger partial charge is 0.350 e. The molecule has 5 nitrogen and oxygen atoms in total. The van der Waals surface area contributed by atoms with Crippen molar-refractivity contribution in [2.24, 2.45) is 0 Å². The fraction of sp³-hybridized carbons (Fsp3) is 0.133. The molecule has 108 valence electrons. The monoisotopic (exact) mass is 305 g/mol. The van der Waals surface area contributed by atoms with Crippen molar-refractivity contribution >= 4 is 23.3 Å². The van der Waals surface area contributed by atoms with Crippen molar-refractivity contribution in [3.63, 3.8) is 0 Å². The van der Waals surface area contributed by atoms with Crippen LogP contribution in [0.15, 0.2) is 36.4 Å². The maximum atomic E-state index is 12.2. The number of nitro groups is 1. The summed E-state index contributed by atoms with van der Waals surface area (Å²) < 4.78 is 5.18. The van der Waals surface area contributed by atoms with Crippen molar-refractivity contribution < 1.29 is 14.5 Å². The van der Waals surface area contributed by atoms with Gasteiger partial charge in [0.25, 0.3) is 5.69 Å². The fourth-order valence-corrected chi connectivity index (χ4v) is 2.07. The lowest BCUT2D eigenvalue weighted by Gasteiger charge is -2.08. The predicted octanol–water partition coefficient (Wildman–Crippen LogP) is 4.08. The molecule has 21 heavy (non-hydrogen) atoms. The highest BCUT2D eigenvalue weighted by Crippen LogP contribution is 2.28. The molecule has 0 aliphatic rings. The topological polar surface area (TPSA) is 69.4 Å². The van der Waals surface area contributed by atoms with Crippen molar-refractivity contribution in [1.29, 1.82) is 0 Å². The Morgan fingerprint density at radius 2 is 1.95 bits per heavy atom. The van der Waals surface area contributed by atoms with Crippen LogP contribution in [0.5, 0.6) is 5.75 Å². The van der Waals surface area contributed by atoms with Crippen LogP contribution in [0.2, 0.25) is 5.02 Å². The van der Waals surface area contributed by atoms with Crippen LogP contribution in [0.4, 0.5) is 5.69 Å². The molecule has 0 atom stereocenters. The average Bonchev–Trinajstić information content (AvgIpc) is 2.42. The van der Waals surface area contributed by atoms with E-state index in [1.54, 1.807) is 37.3 Å². The first kappa shape index (κ1) is 15.0. The molecule has 0 saturated carbocycles. The van der Waals surface area contributed by atoms with E-state index < -0.39 is 10.9 Å². The van der Waals surface area contributed by atoms with E-state index in [-0.39, 0.29) is 22.0 Å². The molecular formula is C15H12ClNO4. The molecule has 0 fully saturated rings. The lowest BCUT2D eigenvalue weighted by Crippen LogP contribution is -2.12. The molecule has 2 aromatic rings. The normalized spacial score (nSPS) is 10.2. The van der Waals surface area contributed by atoms with Gasteiger partial charge in [0, 0.05) is 5.56 Å². The molecule has 0 heterocycles. The number of benzene rings is 2. The van der Waals surface area contributed by atoms with Gasteiger partial charge >= 0.3 is 5.97 Å². The zero-order valence-corrected chi connectivity index (χ0v) is 12.2. The van der Waals surface area contributed by atoms with Crippen molar-refractivity contribution in [3.8, 4) is 5.75 Å². The molecule has 0 N–H and O–H groups in total. The molecule has 0 unspecified atom stereocenters. The summed E-state index contributed by atoms with van der Waals surface area (Å²) in [6.45, 7) is 3.39. The number of hydrogen-bond donors (Lipinski definition) is 0. The van der Waals surface area contributed by atoms with E-state index in [1.165, 1.54) is 6.07 Å². The van der Waals surface area contributed by atoms with Crippen molar-refractivity contribution in [2.45, 2.75) is 13.8 Å². The first-order valence-corrected chi connectivity index (χ1v) is 6.50. The van der Waals surface area contributed by atoms with Crippen LogP contribution >= 0.6 is 11.6 Å². The highest BCUT2D eigenvalue weighted by Gasteiger charge is 2.24. The van der Waals surface area contributed by atoms with Gasteiger partial charge in [0.15, 0.2) is 0 Å². The van der Waals surface area contributed by atoms with Crippen molar-refractivity contribution in [1.82, 2.24) is 0 Å². The Bertz CT molecular complexity index is 728. The summed E-state index contributed by atoms with van der Waals surface area (Å²) in [6.07, 6.45) is 0. The van der Waals surface area contributed by atoms with Crippen LogP contribution in [-0.4, -0.2) is 10.9 Å². The minimum Gasteiger partial charge on any atom is -0.421 e. The molecule has 0 spiro atoms. The summed E-state index contributed by atoms with van der Waals surface area (Å²) in [6, 6.07) is 9.46. The van der Waals surface area contributed by atoms with E-state index in [0.29, 0.717) is 5.56 Å². The summed E-state index contributed by atoms with van der Waals surface area (Å²) in [5.74, 6) is -0.629. The van der Waals surface area contributed by atoms with Gasteiger partial charge in [0.05, 0.1) is 9.95 Å². The molecule has 0 aromatic heterocycles. The van der Waals surface area contributed by atoms with E-state index in [2.05, 4.69) is 0 Å². The Labute approximate surface area is 126 Å². The Morgan fingerprint density at radius 1 is 1.24 bits per heavy atom. The molecular weight excluding hydrogens is 294 g/mol. The van der Waals surface area contributed by atoms with Gasteiger partial charge in [-0.05, 0) is 37.6 Å². The molecule has 0 aliphatic carbocycles. The minimum absolute atomic E-state index is 0.0995. The molecule has 2 aromatic carbocycles. The fourth-order valence-electron chi connectivity index (χ4n) is 1.91. The molecule has 2 rings (SSSR count). The van der Waals surface area contributed by atoms with Gasteiger partial charge in [-0.1, -0.05) is 29.8 Å².